The molecular formula is C9H16N2O2S. The minimum absolute atomic E-state index is 0.203. The van der Waals surface area contributed by atoms with Gasteiger partial charge in [0.25, 0.3) is 0 Å². The molecule has 0 aromatic rings. The van der Waals surface area contributed by atoms with E-state index in [9.17, 15) is 8.42 Å². The lowest BCUT2D eigenvalue weighted by Gasteiger charge is -2.29. The van der Waals surface area contributed by atoms with Gasteiger partial charge in [0.05, 0.1) is 11.8 Å². The summed E-state index contributed by atoms with van der Waals surface area (Å²) in [7, 11) is -3.15. The minimum atomic E-state index is -3.15. The highest BCUT2D eigenvalue weighted by molar-refractivity contribution is 7.89. The fraction of sp³-hybridized carbons (Fsp3) is 0.889. The predicted molar refractivity (Wildman–Crippen MR) is 54.0 cm³/mol. The van der Waals surface area contributed by atoms with Crippen LogP contribution in [0.1, 0.15) is 32.6 Å². The molecule has 4 nitrogen and oxygen atoms in total. The Hall–Kier alpha value is -0.600. The van der Waals surface area contributed by atoms with E-state index in [1.165, 1.54) is 4.31 Å². The van der Waals surface area contributed by atoms with Crippen LogP contribution in [0.25, 0.3) is 0 Å². The van der Waals surface area contributed by atoms with Gasteiger partial charge in [-0.15, -0.1) is 0 Å². The van der Waals surface area contributed by atoms with Crippen molar-refractivity contribution >= 4 is 10.0 Å². The average Bonchev–Trinajstić information content (AvgIpc) is 2.14. The number of rotatable bonds is 3. The predicted octanol–water partition coefficient (Wildman–Crippen LogP) is 1.10. The van der Waals surface area contributed by atoms with Crippen LogP contribution in [0.5, 0.6) is 0 Å². The molecule has 0 bridgehead atoms. The molecule has 0 aliphatic carbocycles. The minimum Gasteiger partial charge on any atom is -0.212 e. The van der Waals surface area contributed by atoms with Crippen molar-refractivity contribution in [1.82, 2.24) is 4.31 Å². The summed E-state index contributed by atoms with van der Waals surface area (Å²) in [5, 5.41) is 8.89. The van der Waals surface area contributed by atoms with Gasteiger partial charge < -0.3 is 0 Å². The van der Waals surface area contributed by atoms with Crippen LogP contribution in [0.3, 0.4) is 0 Å². The lowest BCUT2D eigenvalue weighted by Crippen LogP contribution is -2.44. The zero-order valence-electron chi connectivity index (χ0n) is 8.44. The Kier molecular flexibility index (Phi) is 3.90. The van der Waals surface area contributed by atoms with Crippen LogP contribution in [0.2, 0.25) is 0 Å². The second-order valence-electron chi connectivity index (χ2n) is 3.57. The van der Waals surface area contributed by atoms with Crippen molar-refractivity contribution in [3.05, 3.63) is 0 Å². The van der Waals surface area contributed by atoms with Crippen LogP contribution in [0.15, 0.2) is 0 Å². The molecule has 1 atom stereocenters. The van der Waals surface area contributed by atoms with Crippen LogP contribution in [-0.2, 0) is 10.0 Å². The van der Waals surface area contributed by atoms with Crippen molar-refractivity contribution in [1.29, 1.82) is 5.26 Å². The molecular weight excluding hydrogens is 200 g/mol. The van der Waals surface area contributed by atoms with E-state index in [0.29, 0.717) is 13.0 Å². The normalized spacial score (nSPS) is 24.0. The van der Waals surface area contributed by atoms with Gasteiger partial charge in [-0.25, -0.2) is 8.42 Å². The maximum absolute atomic E-state index is 11.6. The van der Waals surface area contributed by atoms with E-state index in [2.05, 4.69) is 6.07 Å². The number of nitrogens with zero attached hydrogens (tertiary/aromatic N) is 2. The van der Waals surface area contributed by atoms with Gasteiger partial charge in [-0.05, 0) is 19.3 Å². The monoisotopic (exact) mass is 216 g/mol. The van der Waals surface area contributed by atoms with E-state index in [1.807, 2.05) is 6.92 Å². The molecule has 1 fully saturated rings. The number of nitriles is 1. The molecule has 1 heterocycles. The highest BCUT2D eigenvalue weighted by atomic mass is 32.2. The molecule has 0 saturated carbocycles. The van der Waals surface area contributed by atoms with Gasteiger partial charge in [-0.2, -0.15) is 9.57 Å². The summed E-state index contributed by atoms with van der Waals surface area (Å²) in [6.07, 6.45) is 3.07. The summed E-state index contributed by atoms with van der Waals surface area (Å²) in [6.45, 7) is 2.47. The SMILES string of the molecule is CCCC(C#N)N1CCCCS1(=O)=O. The van der Waals surface area contributed by atoms with Gasteiger partial charge in [-0.1, -0.05) is 13.3 Å². The topological polar surface area (TPSA) is 61.2 Å². The van der Waals surface area contributed by atoms with Crippen molar-refractivity contribution < 1.29 is 8.42 Å². The van der Waals surface area contributed by atoms with Crippen molar-refractivity contribution in [2.75, 3.05) is 12.3 Å². The second-order valence-corrected chi connectivity index (χ2v) is 5.61. The maximum Gasteiger partial charge on any atom is 0.215 e. The maximum atomic E-state index is 11.6. The molecule has 1 rings (SSSR count). The Morgan fingerprint density at radius 1 is 1.50 bits per heavy atom. The summed E-state index contributed by atoms with van der Waals surface area (Å²) in [6, 6.07) is 1.62. The Bertz CT molecular complexity index is 318. The van der Waals surface area contributed by atoms with E-state index in [0.717, 1.165) is 19.3 Å². The van der Waals surface area contributed by atoms with Crippen LogP contribution in [0, 0.1) is 11.3 Å². The molecule has 0 radical (unpaired) electrons. The first-order valence-electron chi connectivity index (χ1n) is 5.01. The molecule has 1 unspecified atom stereocenters. The largest absolute Gasteiger partial charge is 0.215 e. The van der Waals surface area contributed by atoms with E-state index in [4.69, 9.17) is 5.26 Å². The van der Waals surface area contributed by atoms with Gasteiger partial charge in [0.1, 0.15) is 6.04 Å². The third-order valence-electron chi connectivity index (χ3n) is 2.45. The van der Waals surface area contributed by atoms with Crippen LogP contribution < -0.4 is 0 Å². The van der Waals surface area contributed by atoms with Gasteiger partial charge in [0, 0.05) is 6.54 Å². The molecule has 0 spiro atoms. The molecule has 1 saturated heterocycles. The van der Waals surface area contributed by atoms with E-state index < -0.39 is 16.1 Å². The van der Waals surface area contributed by atoms with Crippen LogP contribution >= 0.6 is 0 Å². The smallest absolute Gasteiger partial charge is 0.212 e. The third kappa shape index (κ3) is 2.46. The van der Waals surface area contributed by atoms with Crippen molar-refractivity contribution in [2.24, 2.45) is 0 Å². The molecule has 0 aromatic heterocycles. The van der Waals surface area contributed by atoms with Gasteiger partial charge in [0.2, 0.25) is 10.0 Å². The van der Waals surface area contributed by atoms with Gasteiger partial charge in [0.15, 0.2) is 0 Å². The molecule has 80 valence electrons. The van der Waals surface area contributed by atoms with E-state index in [1.54, 1.807) is 0 Å². The van der Waals surface area contributed by atoms with Crippen molar-refractivity contribution in [3.63, 3.8) is 0 Å². The molecule has 5 heteroatoms. The standard InChI is InChI=1S/C9H16N2O2S/c1-2-5-9(8-10)11-6-3-4-7-14(11,12)13/h9H,2-7H2,1H3. The summed E-state index contributed by atoms with van der Waals surface area (Å²) in [5.74, 6) is 0.203. The molecule has 0 amide bonds. The fourth-order valence-electron chi connectivity index (χ4n) is 1.70. The van der Waals surface area contributed by atoms with Crippen molar-refractivity contribution in [2.45, 2.75) is 38.6 Å². The highest BCUT2D eigenvalue weighted by Gasteiger charge is 2.31. The molecule has 1 aliphatic rings. The third-order valence-corrected chi connectivity index (χ3v) is 4.40. The quantitative estimate of drug-likeness (QED) is 0.710. The first-order valence-corrected chi connectivity index (χ1v) is 6.62. The molecule has 14 heavy (non-hydrogen) atoms. The lowest BCUT2D eigenvalue weighted by atomic mass is 10.2. The summed E-state index contributed by atoms with van der Waals surface area (Å²) >= 11 is 0. The molecule has 0 N–H and O–H groups in total. The number of hydrogen-bond donors (Lipinski definition) is 0. The Morgan fingerprint density at radius 3 is 2.71 bits per heavy atom. The molecule has 1 aliphatic heterocycles. The fourth-order valence-corrected chi connectivity index (χ4v) is 3.46. The van der Waals surface area contributed by atoms with Gasteiger partial charge >= 0.3 is 0 Å². The van der Waals surface area contributed by atoms with Crippen LogP contribution in [-0.4, -0.2) is 31.1 Å². The summed E-state index contributed by atoms with van der Waals surface area (Å²) < 4.78 is 24.6. The van der Waals surface area contributed by atoms with Crippen LogP contribution in [0.4, 0.5) is 0 Å². The molecule has 0 aromatic carbocycles. The summed E-state index contributed by atoms with van der Waals surface area (Å²) in [5.41, 5.74) is 0. The van der Waals surface area contributed by atoms with E-state index in [-0.39, 0.29) is 5.75 Å². The second kappa shape index (κ2) is 4.76. The Labute approximate surface area is 85.6 Å². The average molecular weight is 216 g/mol. The van der Waals surface area contributed by atoms with Gasteiger partial charge in [-0.3, -0.25) is 0 Å². The Morgan fingerprint density at radius 2 is 2.21 bits per heavy atom. The zero-order valence-corrected chi connectivity index (χ0v) is 9.26. The first kappa shape index (κ1) is 11.5. The van der Waals surface area contributed by atoms with E-state index >= 15 is 0 Å². The number of sulfonamides is 1. The summed E-state index contributed by atoms with van der Waals surface area (Å²) in [4.78, 5) is 0. The highest BCUT2D eigenvalue weighted by Crippen LogP contribution is 2.19. The first-order chi connectivity index (χ1) is 6.61. The Balaban J connectivity index is 2.78. The van der Waals surface area contributed by atoms with Crippen molar-refractivity contribution in [3.8, 4) is 6.07 Å². The lowest BCUT2D eigenvalue weighted by molar-refractivity contribution is 0.331. The number of hydrogen-bond acceptors (Lipinski definition) is 3. The zero-order chi connectivity index (χ0) is 10.6.